The van der Waals surface area contributed by atoms with Gasteiger partial charge in [0.15, 0.2) is 0 Å². The van der Waals surface area contributed by atoms with Gasteiger partial charge in [-0.2, -0.15) is 0 Å². The van der Waals surface area contributed by atoms with Crippen LogP contribution in [0.15, 0.2) is 10.6 Å². The number of amides is 1. The molecule has 1 atom stereocenters. The lowest BCUT2D eigenvalue weighted by molar-refractivity contribution is -0.138. The quantitative estimate of drug-likeness (QED) is 0.833. The van der Waals surface area contributed by atoms with Gasteiger partial charge in [0.25, 0.3) is 11.6 Å². The Hall–Kier alpha value is -2.44. The molecule has 2 aromatic heterocycles. The fourth-order valence-electron chi connectivity index (χ4n) is 2.91. The number of carbonyl (C=O) groups is 2. The van der Waals surface area contributed by atoms with Crippen LogP contribution in [0.2, 0.25) is 0 Å². The first-order valence-electron chi connectivity index (χ1n) is 8.52. The highest BCUT2D eigenvalue weighted by Crippen LogP contribution is 2.40. The van der Waals surface area contributed by atoms with Crippen molar-refractivity contribution in [3.05, 3.63) is 23.0 Å². The van der Waals surface area contributed by atoms with Gasteiger partial charge in [0.1, 0.15) is 0 Å². The molecule has 25 heavy (non-hydrogen) atoms. The summed E-state index contributed by atoms with van der Waals surface area (Å²) in [5, 5.41) is 16.6. The number of carboxylic acid groups (broad SMARTS) is 1. The highest BCUT2D eigenvalue weighted by molar-refractivity contribution is 6.06. The molecule has 0 aliphatic heterocycles. The molecule has 1 amide bonds. The van der Waals surface area contributed by atoms with Gasteiger partial charge in [0.2, 0.25) is 0 Å². The third-order valence-electron chi connectivity index (χ3n) is 5.07. The van der Waals surface area contributed by atoms with Gasteiger partial charge in [-0.1, -0.05) is 19.0 Å². The zero-order valence-electron chi connectivity index (χ0n) is 14.9. The molecule has 7 nitrogen and oxygen atoms in total. The largest absolute Gasteiger partial charge is 0.481 e. The van der Waals surface area contributed by atoms with Crippen molar-refractivity contribution in [3.8, 4) is 0 Å². The summed E-state index contributed by atoms with van der Waals surface area (Å²) in [5.41, 5.74) is 1.38. The number of carbonyl (C=O) groups excluding carboxylic acids is 1. The summed E-state index contributed by atoms with van der Waals surface area (Å²) >= 11 is 0. The van der Waals surface area contributed by atoms with E-state index < -0.39 is 11.5 Å². The zero-order chi connectivity index (χ0) is 18.4. The fraction of sp³-hybridized carbons (Fsp3) is 0.556. The normalized spacial score (nSPS) is 16.8. The van der Waals surface area contributed by atoms with Gasteiger partial charge in [-0.3, -0.25) is 9.59 Å². The standard InChI is InChI=1S/C18H23N3O4/c1-9(2)18(4,8-14(22)23)20-16(24)12-7-13(11-5-6-11)19-17-15(12)10(3)21-25-17/h7,9,11H,5-6,8H2,1-4H3,(H,20,24)(H,22,23). The number of aliphatic carboxylic acids is 1. The van der Waals surface area contributed by atoms with Crippen LogP contribution >= 0.6 is 0 Å². The van der Waals surface area contributed by atoms with Gasteiger partial charge < -0.3 is 14.9 Å². The van der Waals surface area contributed by atoms with Crippen LogP contribution in [0, 0.1) is 12.8 Å². The second-order valence-electron chi connectivity index (χ2n) is 7.41. The maximum atomic E-state index is 13.0. The van der Waals surface area contributed by atoms with Crippen molar-refractivity contribution < 1.29 is 19.2 Å². The minimum atomic E-state index is -0.948. The molecule has 2 N–H and O–H groups in total. The summed E-state index contributed by atoms with van der Waals surface area (Å²) in [7, 11) is 0. The Kier molecular flexibility index (Phi) is 4.26. The predicted molar refractivity (Wildman–Crippen MR) is 91.5 cm³/mol. The van der Waals surface area contributed by atoms with E-state index in [4.69, 9.17) is 4.52 Å². The van der Waals surface area contributed by atoms with Gasteiger partial charge in [-0.25, -0.2) is 4.98 Å². The van der Waals surface area contributed by atoms with Crippen LogP contribution in [-0.4, -0.2) is 32.7 Å². The SMILES string of the molecule is Cc1noc2nc(C3CC3)cc(C(=O)NC(C)(CC(=O)O)C(C)C)c12. The topological polar surface area (TPSA) is 105 Å². The van der Waals surface area contributed by atoms with Crippen molar-refractivity contribution in [2.45, 2.75) is 58.4 Å². The summed E-state index contributed by atoms with van der Waals surface area (Å²) < 4.78 is 5.27. The number of hydrogen-bond acceptors (Lipinski definition) is 5. The Morgan fingerprint density at radius 1 is 1.44 bits per heavy atom. The highest BCUT2D eigenvalue weighted by Gasteiger charge is 2.35. The van der Waals surface area contributed by atoms with Gasteiger partial charge in [-0.05, 0) is 38.7 Å². The molecule has 1 aliphatic carbocycles. The molecule has 1 saturated carbocycles. The summed E-state index contributed by atoms with van der Waals surface area (Å²) in [6.07, 6.45) is 1.95. The van der Waals surface area contributed by atoms with Crippen LogP contribution in [0.25, 0.3) is 11.1 Å². The minimum absolute atomic E-state index is 0.0450. The van der Waals surface area contributed by atoms with Gasteiger partial charge in [-0.15, -0.1) is 0 Å². The molecule has 7 heteroatoms. The average molecular weight is 345 g/mol. The number of carboxylic acids is 1. The van der Waals surface area contributed by atoms with E-state index in [1.165, 1.54) is 0 Å². The van der Waals surface area contributed by atoms with E-state index in [-0.39, 0.29) is 18.2 Å². The Labute approximate surface area is 145 Å². The second kappa shape index (κ2) is 6.13. The molecule has 3 rings (SSSR count). The first-order valence-corrected chi connectivity index (χ1v) is 8.52. The molecule has 0 aromatic carbocycles. The molecule has 134 valence electrons. The number of aromatic nitrogens is 2. The number of fused-ring (bicyclic) bond motifs is 1. The molecular weight excluding hydrogens is 322 g/mol. The van der Waals surface area contributed by atoms with E-state index in [0.29, 0.717) is 28.3 Å². The average Bonchev–Trinajstić information content (AvgIpc) is 3.30. The van der Waals surface area contributed by atoms with Gasteiger partial charge in [0.05, 0.1) is 28.6 Å². The number of hydrogen-bond donors (Lipinski definition) is 2. The van der Waals surface area contributed by atoms with Crippen molar-refractivity contribution in [1.82, 2.24) is 15.5 Å². The molecule has 1 fully saturated rings. The van der Waals surface area contributed by atoms with Crippen LogP contribution in [0.5, 0.6) is 0 Å². The number of rotatable bonds is 6. The fourth-order valence-corrected chi connectivity index (χ4v) is 2.91. The minimum Gasteiger partial charge on any atom is -0.481 e. The van der Waals surface area contributed by atoms with Crippen molar-refractivity contribution in [2.75, 3.05) is 0 Å². The Balaban J connectivity index is 2.01. The molecule has 1 unspecified atom stereocenters. The van der Waals surface area contributed by atoms with Crippen LogP contribution in [-0.2, 0) is 4.79 Å². The number of aryl methyl sites for hydroxylation is 1. The first kappa shape index (κ1) is 17.4. The van der Waals surface area contributed by atoms with E-state index >= 15 is 0 Å². The predicted octanol–water partition coefficient (Wildman–Crippen LogP) is 3.03. The van der Waals surface area contributed by atoms with E-state index in [9.17, 15) is 14.7 Å². The van der Waals surface area contributed by atoms with Crippen molar-refractivity contribution in [3.63, 3.8) is 0 Å². The van der Waals surface area contributed by atoms with E-state index in [0.717, 1.165) is 18.5 Å². The highest BCUT2D eigenvalue weighted by atomic mass is 16.5. The molecule has 0 saturated heterocycles. The first-order chi connectivity index (χ1) is 11.7. The summed E-state index contributed by atoms with van der Waals surface area (Å²) in [5.74, 6) is -0.956. The van der Waals surface area contributed by atoms with Crippen LogP contribution in [0.4, 0.5) is 0 Å². The number of nitrogens with zero attached hydrogens (tertiary/aromatic N) is 2. The maximum Gasteiger partial charge on any atom is 0.305 e. The summed E-state index contributed by atoms with van der Waals surface area (Å²) in [4.78, 5) is 28.7. The maximum absolute atomic E-state index is 13.0. The Bertz CT molecular complexity index is 838. The van der Waals surface area contributed by atoms with Crippen LogP contribution in [0.1, 0.15) is 67.7 Å². The van der Waals surface area contributed by atoms with Crippen LogP contribution < -0.4 is 5.32 Å². The molecule has 0 spiro atoms. The lowest BCUT2D eigenvalue weighted by Gasteiger charge is -2.33. The van der Waals surface area contributed by atoms with Crippen LogP contribution in [0.3, 0.4) is 0 Å². The van der Waals surface area contributed by atoms with Gasteiger partial charge >= 0.3 is 5.97 Å². The Morgan fingerprint density at radius 3 is 2.68 bits per heavy atom. The molecule has 1 aliphatic rings. The monoisotopic (exact) mass is 345 g/mol. The molecule has 0 radical (unpaired) electrons. The zero-order valence-corrected chi connectivity index (χ0v) is 14.9. The molecule has 2 heterocycles. The third-order valence-corrected chi connectivity index (χ3v) is 5.07. The van der Waals surface area contributed by atoms with E-state index in [2.05, 4.69) is 15.5 Å². The molecule has 0 bridgehead atoms. The third kappa shape index (κ3) is 3.36. The number of pyridine rings is 1. The summed E-state index contributed by atoms with van der Waals surface area (Å²) in [6.45, 7) is 7.31. The smallest absolute Gasteiger partial charge is 0.305 e. The van der Waals surface area contributed by atoms with Crippen molar-refractivity contribution in [2.24, 2.45) is 5.92 Å². The van der Waals surface area contributed by atoms with Gasteiger partial charge in [0, 0.05) is 11.6 Å². The van der Waals surface area contributed by atoms with E-state index in [1.54, 1.807) is 19.9 Å². The summed E-state index contributed by atoms with van der Waals surface area (Å²) in [6, 6.07) is 1.79. The Morgan fingerprint density at radius 2 is 2.12 bits per heavy atom. The lowest BCUT2D eigenvalue weighted by Crippen LogP contribution is -2.51. The van der Waals surface area contributed by atoms with E-state index in [1.807, 2.05) is 13.8 Å². The van der Waals surface area contributed by atoms with Crippen molar-refractivity contribution in [1.29, 1.82) is 0 Å². The second-order valence-corrected chi connectivity index (χ2v) is 7.41. The number of nitrogens with one attached hydrogen (secondary N) is 1. The molecule has 2 aromatic rings. The van der Waals surface area contributed by atoms with Crippen molar-refractivity contribution >= 4 is 23.0 Å². The lowest BCUT2D eigenvalue weighted by atomic mass is 9.85. The molecular formula is C18H23N3O4.